The third-order valence-corrected chi connectivity index (χ3v) is 5.67. The largest absolute Gasteiger partial charge is 0.341 e. The van der Waals surface area contributed by atoms with Crippen LogP contribution in [0.15, 0.2) is 60.9 Å². The van der Waals surface area contributed by atoms with E-state index in [-0.39, 0.29) is 17.8 Å². The Morgan fingerprint density at radius 2 is 2.06 bits per heavy atom. The first kappa shape index (κ1) is 19.4. The molecule has 7 nitrogen and oxygen atoms in total. The Bertz CT molecular complexity index is 1180. The molecule has 0 radical (unpaired) electrons. The van der Waals surface area contributed by atoms with Crippen molar-refractivity contribution in [1.82, 2.24) is 24.6 Å². The van der Waals surface area contributed by atoms with E-state index in [2.05, 4.69) is 25.3 Å². The van der Waals surface area contributed by atoms with E-state index < -0.39 is 0 Å². The maximum absolute atomic E-state index is 13.5. The van der Waals surface area contributed by atoms with Crippen molar-refractivity contribution in [1.29, 1.82) is 0 Å². The van der Waals surface area contributed by atoms with Crippen LogP contribution in [-0.2, 0) is 11.3 Å². The number of carbonyl (C=O) groups is 1. The molecule has 0 spiro atoms. The Kier molecular flexibility index (Phi) is 5.21. The lowest BCUT2D eigenvalue weighted by atomic mass is 10.0. The van der Waals surface area contributed by atoms with Gasteiger partial charge in [-0.1, -0.05) is 6.42 Å². The van der Waals surface area contributed by atoms with Gasteiger partial charge >= 0.3 is 0 Å². The van der Waals surface area contributed by atoms with Gasteiger partial charge in [-0.05, 0) is 67.9 Å². The van der Waals surface area contributed by atoms with Crippen LogP contribution >= 0.6 is 0 Å². The highest BCUT2D eigenvalue weighted by atomic mass is 19.1. The zero-order valence-corrected chi connectivity index (χ0v) is 17.0. The summed E-state index contributed by atoms with van der Waals surface area (Å²) in [4.78, 5) is 22.9. The topological polar surface area (TPSA) is 78.8 Å². The van der Waals surface area contributed by atoms with Crippen molar-refractivity contribution >= 4 is 22.6 Å². The molecular formula is C23H23FN6O. The Morgan fingerprint density at radius 1 is 1.19 bits per heavy atom. The second-order valence-corrected chi connectivity index (χ2v) is 7.81. The smallest absolute Gasteiger partial charge is 0.241 e. The van der Waals surface area contributed by atoms with Gasteiger partial charge in [0, 0.05) is 18.1 Å². The van der Waals surface area contributed by atoms with Crippen LogP contribution < -0.4 is 5.32 Å². The van der Waals surface area contributed by atoms with Crippen molar-refractivity contribution < 1.29 is 9.18 Å². The zero-order valence-electron chi connectivity index (χ0n) is 17.0. The number of nitrogens with zero attached hydrogens (tertiary/aromatic N) is 4. The molecule has 1 aliphatic heterocycles. The predicted octanol–water partition coefficient (Wildman–Crippen LogP) is 3.88. The van der Waals surface area contributed by atoms with E-state index in [4.69, 9.17) is 0 Å². The number of aromatic nitrogens is 4. The zero-order chi connectivity index (χ0) is 21.2. The van der Waals surface area contributed by atoms with Crippen molar-refractivity contribution in [2.75, 3.05) is 11.9 Å². The lowest BCUT2D eigenvalue weighted by molar-refractivity contribution is -0.122. The van der Waals surface area contributed by atoms with Crippen LogP contribution in [0, 0.1) is 5.82 Å². The van der Waals surface area contributed by atoms with Gasteiger partial charge < -0.3 is 10.3 Å². The molecule has 5 rings (SSSR count). The van der Waals surface area contributed by atoms with Crippen molar-refractivity contribution in [3.05, 3.63) is 72.6 Å². The highest BCUT2D eigenvalue weighted by Crippen LogP contribution is 2.22. The summed E-state index contributed by atoms with van der Waals surface area (Å²) in [7, 11) is 0. The monoisotopic (exact) mass is 418 g/mol. The minimum absolute atomic E-state index is 0.0197. The molecule has 0 aliphatic carbocycles. The molecular weight excluding hydrogens is 395 g/mol. The molecule has 1 aliphatic rings. The summed E-state index contributed by atoms with van der Waals surface area (Å²) in [6.07, 6.45) is 6.45. The number of halogens is 1. The van der Waals surface area contributed by atoms with Gasteiger partial charge in [0.2, 0.25) is 5.91 Å². The Hall–Kier alpha value is -3.52. The van der Waals surface area contributed by atoms with Gasteiger partial charge in [-0.25, -0.2) is 14.1 Å². The molecule has 1 amide bonds. The summed E-state index contributed by atoms with van der Waals surface area (Å²) in [5.74, 6) is 0.425. The van der Waals surface area contributed by atoms with Crippen molar-refractivity contribution in [3.8, 4) is 5.69 Å². The first-order valence-corrected chi connectivity index (χ1v) is 10.4. The molecule has 31 heavy (non-hydrogen) atoms. The molecule has 0 unspecified atom stereocenters. The summed E-state index contributed by atoms with van der Waals surface area (Å²) < 4.78 is 15.2. The molecule has 3 heterocycles. The molecule has 4 aromatic rings. The number of carbonyl (C=O) groups excluding carboxylic acids is 1. The van der Waals surface area contributed by atoms with E-state index >= 15 is 0 Å². The van der Waals surface area contributed by atoms with Crippen LogP contribution in [0.1, 0.15) is 25.1 Å². The van der Waals surface area contributed by atoms with E-state index in [9.17, 15) is 9.18 Å². The van der Waals surface area contributed by atoms with Crippen LogP contribution in [0.4, 0.5) is 10.1 Å². The average molecular weight is 418 g/mol. The second kappa shape index (κ2) is 8.31. The van der Waals surface area contributed by atoms with Crippen LogP contribution in [0.5, 0.6) is 0 Å². The highest BCUT2D eigenvalue weighted by molar-refractivity contribution is 5.95. The SMILES string of the molecule is O=C(Nc1ccc(-n2cccn2)cc1)[C@H]1CCCCN1Cc1nc2ccc(F)cc2[nH]1. The minimum Gasteiger partial charge on any atom is -0.341 e. The Balaban J connectivity index is 1.28. The Morgan fingerprint density at radius 3 is 2.87 bits per heavy atom. The number of benzene rings is 2. The number of aromatic amines is 1. The molecule has 1 saturated heterocycles. The predicted molar refractivity (Wildman–Crippen MR) is 116 cm³/mol. The molecule has 2 aromatic heterocycles. The summed E-state index contributed by atoms with van der Waals surface area (Å²) in [6, 6.07) is 13.8. The molecule has 8 heteroatoms. The molecule has 2 aromatic carbocycles. The molecule has 2 N–H and O–H groups in total. The molecule has 0 bridgehead atoms. The normalized spacial score (nSPS) is 17.1. The summed E-state index contributed by atoms with van der Waals surface area (Å²) >= 11 is 0. The fourth-order valence-corrected chi connectivity index (χ4v) is 4.12. The quantitative estimate of drug-likeness (QED) is 0.516. The first-order chi connectivity index (χ1) is 15.2. The van der Waals surface area contributed by atoms with Gasteiger partial charge in [-0.2, -0.15) is 5.10 Å². The number of fused-ring (bicyclic) bond motifs is 1. The maximum atomic E-state index is 13.5. The highest BCUT2D eigenvalue weighted by Gasteiger charge is 2.29. The van der Waals surface area contributed by atoms with E-state index in [0.29, 0.717) is 12.1 Å². The van der Waals surface area contributed by atoms with Gasteiger partial charge in [0.05, 0.1) is 29.3 Å². The second-order valence-electron chi connectivity index (χ2n) is 7.81. The average Bonchev–Trinajstić information content (AvgIpc) is 3.44. The molecule has 0 saturated carbocycles. The lowest BCUT2D eigenvalue weighted by Gasteiger charge is -2.34. The minimum atomic E-state index is -0.295. The van der Waals surface area contributed by atoms with Gasteiger partial charge in [0.1, 0.15) is 11.6 Å². The number of H-pyrrole nitrogens is 1. The lowest BCUT2D eigenvalue weighted by Crippen LogP contribution is -2.46. The van der Waals surface area contributed by atoms with Crippen molar-refractivity contribution in [2.45, 2.75) is 31.8 Å². The van der Waals surface area contributed by atoms with Crippen molar-refractivity contribution in [3.63, 3.8) is 0 Å². The number of nitrogens with one attached hydrogen (secondary N) is 2. The number of likely N-dealkylation sites (tertiary alicyclic amines) is 1. The number of hydrogen-bond acceptors (Lipinski definition) is 4. The number of hydrogen-bond donors (Lipinski definition) is 2. The summed E-state index contributed by atoms with van der Waals surface area (Å²) in [6.45, 7) is 1.34. The van der Waals surface area contributed by atoms with Gasteiger partial charge in [0.15, 0.2) is 0 Å². The van der Waals surface area contributed by atoms with Gasteiger partial charge in [-0.15, -0.1) is 0 Å². The van der Waals surface area contributed by atoms with E-state index in [0.717, 1.165) is 48.5 Å². The van der Waals surface area contributed by atoms with Crippen molar-refractivity contribution in [2.24, 2.45) is 0 Å². The molecule has 1 atom stereocenters. The number of imidazole rings is 1. The van der Waals surface area contributed by atoms with Gasteiger partial charge in [-0.3, -0.25) is 9.69 Å². The van der Waals surface area contributed by atoms with E-state index in [1.807, 2.05) is 36.5 Å². The van der Waals surface area contributed by atoms with Crippen LogP contribution in [0.2, 0.25) is 0 Å². The Labute approximate surface area is 178 Å². The van der Waals surface area contributed by atoms with E-state index in [1.54, 1.807) is 16.9 Å². The number of amides is 1. The standard InChI is InChI=1S/C23H23FN6O/c24-16-5-10-19-20(14-16)28-22(27-19)15-29-12-2-1-4-21(29)23(31)26-17-6-8-18(9-7-17)30-13-3-11-25-30/h3,5-11,13-14,21H,1-2,4,12,15H2,(H,26,31)(H,27,28)/t21-/m1/s1. The fraction of sp³-hybridized carbons (Fsp3) is 0.261. The summed E-state index contributed by atoms with van der Waals surface area (Å²) in [5, 5.41) is 7.26. The third-order valence-electron chi connectivity index (χ3n) is 5.67. The van der Waals surface area contributed by atoms with Crippen LogP contribution in [0.25, 0.3) is 16.7 Å². The van der Waals surface area contributed by atoms with Crippen LogP contribution in [0.3, 0.4) is 0 Å². The fourth-order valence-electron chi connectivity index (χ4n) is 4.12. The van der Waals surface area contributed by atoms with Gasteiger partial charge in [0.25, 0.3) is 0 Å². The van der Waals surface area contributed by atoms with Crippen LogP contribution in [-0.4, -0.2) is 43.1 Å². The number of piperidine rings is 1. The third kappa shape index (κ3) is 4.20. The molecule has 158 valence electrons. The molecule has 1 fully saturated rings. The van der Waals surface area contributed by atoms with E-state index in [1.165, 1.54) is 12.1 Å². The number of rotatable bonds is 5. The first-order valence-electron chi connectivity index (χ1n) is 10.4. The maximum Gasteiger partial charge on any atom is 0.241 e. The number of anilines is 1. The summed E-state index contributed by atoms with van der Waals surface area (Å²) in [5.41, 5.74) is 3.09.